The lowest BCUT2D eigenvalue weighted by molar-refractivity contribution is -0.136. The number of aromatic nitrogens is 1. The summed E-state index contributed by atoms with van der Waals surface area (Å²) in [5.74, 6) is 1.00. The van der Waals surface area contributed by atoms with Crippen LogP contribution in [0.3, 0.4) is 0 Å². The van der Waals surface area contributed by atoms with E-state index in [0.717, 1.165) is 18.2 Å². The summed E-state index contributed by atoms with van der Waals surface area (Å²) in [5.41, 5.74) is 1.54. The van der Waals surface area contributed by atoms with Crippen molar-refractivity contribution >= 4 is 46.8 Å². The van der Waals surface area contributed by atoms with Crippen molar-refractivity contribution in [3.63, 3.8) is 0 Å². The normalized spacial score (nSPS) is 19.2. The van der Waals surface area contributed by atoms with E-state index < -0.39 is 17.8 Å². The van der Waals surface area contributed by atoms with Gasteiger partial charge in [-0.2, -0.15) is 0 Å². The van der Waals surface area contributed by atoms with Gasteiger partial charge in [0, 0.05) is 52.2 Å². The van der Waals surface area contributed by atoms with Gasteiger partial charge in [-0.15, -0.1) is 11.8 Å². The Bertz CT molecular complexity index is 1070. The minimum Gasteiger partial charge on any atom is -0.466 e. The molecule has 3 heterocycles. The van der Waals surface area contributed by atoms with Crippen LogP contribution in [0.1, 0.15) is 17.3 Å². The van der Waals surface area contributed by atoms with Crippen LogP contribution in [0.25, 0.3) is 0 Å². The Balaban J connectivity index is 1.86. The monoisotopic (exact) mass is 480 g/mol. The van der Waals surface area contributed by atoms with E-state index in [9.17, 15) is 9.18 Å². The number of halogens is 3. The molecule has 10 heteroatoms. The average molecular weight is 481 g/mol. The number of pyridine rings is 1. The number of benzene rings is 1. The summed E-state index contributed by atoms with van der Waals surface area (Å²) in [6.45, 7) is 1.33. The number of esters is 1. The third kappa shape index (κ3) is 4.72. The Morgan fingerprint density at radius 3 is 2.90 bits per heavy atom. The van der Waals surface area contributed by atoms with Crippen LogP contribution in [0.15, 0.2) is 52.8 Å². The highest BCUT2D eigenvalue weighted by atomic mass is 35.5. The number of ether oxygens (including phenoxy) is 1. The number of carbonyl (C=O) groups excluding carboxylic acids is 1. The van der Waals surface area contributed by atoms with Gasteiger partial charge in [-0.05, 0) is 24.3 Å². The lowest BCUT2D eigenvalue weighted by Gasteiger charge is -2.29. The van der Waals surface area contributed by atoms with Gasteiger partial charge in [0.05, 0.1) is 12.7 Å². The van der Waals surface area contributed by atoms with Crippen LogP contribution >= 0.6 is 35.0 Å². The van der Waals surface area contributed by atoms with Crippen LogP contribution in [-0.2, 0) is 9.53 Å². The van der Waals surface area contributed by atoms with E-state index in [1.807, 2.05) is 11.8 Å². The maximum atomic E-state index is 14.5. The quantitative estimate of drug-likeness (QED) is 0.651. The number of carbonyl (C=O) groups is 1. The van der Waals surface area contributed by atoms with E-state index in [0.29, 0.717) is 33.4 Å². The molecule has 1 aromatic carbocycles. The van der Waals surface area contributed by atoms with Gasteiger partial charge < -0.3 is 10.1 Å². The second-order valence-corrected chi connectivity index (χ2v) is 8.90. The number of aliphatic imine (C=N–C) groups is 1. The number of hydrogen-bond acceptors (Lipinski definition) is 7. The first-order valence-electron chi connectivity index (χ1n) is 9.50. The predicted molar refractivity (Wildman–Crippen MR) is 121 cm³/mol. The molecular weight excluding hydrogens is 462 g/mol. The van der Waals surface area contributed by atoms with Crippen molar-refractivity contribution in [2.75, 3.05) is 31.8 Å². The highest BCUT2D eigenvalue weighted by Gasteiger charge is 2.35. The fourth-order valence-electron chi connectivity index (χ4n) is 3.50. The number of nitrogens with zero attached hydrogens (tertiary/aromatic N) is 3. The second kappa shape index (κ2) is 9.56. The molecule has 1 unspecified atom stereocenters. The summed E-state index contributed by atoms with van der Waals surface area (Å²) < 4.78 is 19.6. The van der Waals surface area contributed by atoms with Crippen molar-refractivity contribution in [1.82, 2.24) is 15.2 Å². The smallest absolute Gasteiger partial charge is 0.338 e. The number of thioether (sulfide) groups is 1. The first-order valence-corrected chi connectivity index (χ1v) is 11.4. The molecule has 0 spiro atoms. The lowest BCUT2D eigenvalue weighted by atomic mass is 9.95. The average Bonchev–Trinajstić information content (AvgIpc) is 3.26. The van der Waals surface area contributed by atoms with E-state index in [4.69, 9.17) is 27.9 Å². The standard InChI is InChI=1S/C21H19Cl2FN4O2S/c1-30-21(29)17-16(10-28-7-8-31-11-28)26-20(19-15(24)3-2-6-25-19)27-18(17)13-5-4-12(22)9-14(13)23/h2-6,9,18H,7-8,10-11H2,1H3,(H,26,27). The van der Waals surface area contributed by atoms with Gasteiger partial charge in [0.1, 0.15) is 11.7 Å². The van der Waals surface area contributed by atoms with Crippen LogP contribution in [0.5, 0.6) is 0 Å². The van der Waals surface area contributed by atoms with Crippen molar-refractivity contribution in [2.24, 2.45) is 4.99 Å². The van der Waals surface area contributed by atoms with E-state index in [1.54, 1.807) is 18.2 Å². The Kier molecular flexibility index (Phi) is 6.81. The summed E-state index contributed by atoms with van der Waals surface area (Å²) in [6.07, 6.45) is 1.49. The Morgan fingerprint density at radius 1 is 1.39 bits per heavy atom. The molecule has 0 amide bonds. The third-order valence-corrected chi connectivity index (χ3v) is 6.56. The van der Waals surface area contributed by atoms with Crippen LogP contribution in [0, 0.1) is 5.82 Å². The van der Waals surface area contributed by atoms with Gasteiger partial charge in [-0.1, -0.05) is 29.3 Å². The molecule has 162 valence electrons. The van der Waals surface area contributed by atoms with Crippen molar-refractivity contribution in [1.29, 1.82) is 0 Å². The summed E-state index contributed by atoms with van der Waals surface area (Å²) in [5, 5.41) is 3.95. The fraction of sp³-hybridized carbons (Fsp3) is 0.286. The van der Waals surface area contributed by atoms with Gasteiger partial charge in [0.25, 0.3) is 0 Å². The first kappa shape index (κ1) is 22.1. The SMILES string of the molecule is COC(=O)C1=C(CN2CCSC2)NC(c2ncccc2F)=NC1c1ccc(Cl)cc1Cl. The fourth-order valence-corrected chi connectivity index (χ4v) is 5.01. The van der Waals surface area contributed by atoms with Crippen LogP contribution in [0.2, 0.25) is 10.0 Å². The molecule has 6 nitrogen and oxygen atoms in total. The van der Waals surface area contributed by atoms with Gasteiger partial charge in [0.2, 0.25) is 0 Å². The number of methoxy groups -OCH3 is 1. The number of amidine groups is 1. The molecule has 1 fully saturated rings. The molecule has 0 radical (unpaired) electrons. The number of hydrogen-bond donors (Lipinski definition) is 1. The molecule has 1 atom stereocenters. The summed E-state index contributed by atoms with van der Waals surface area (Å²) in [4.78, 5) is 23.8. The van der Waals surface area contributed by atoms with Crippen molar-refractivity contribution in [3.05, 3.63) is 74.9 Å². The van der Waals surface area contributed by atoms with Crippen LogP contribution in [-0.4, -0.2) is 53.5 Å². The van der Waals surface area contributed by atoms with Gasteiger partial charge in [-0.3, -0.25) is 9.89 Å². The molecule has 1 N–H and O–H groups in total. The molecular formula is C21H19Cl2FN4O2S. The van der Waals surface area contributed by atoms with E-state index in [2.05, 4.69) is 20.2 Å². The Morgan fingerprint density at radius 2 is 2.23 bits per heavy atom. The first-order chi connectivity index (χ1) is 15.0. The molecule has 0 aliphatic carbocycles. The minimum absolute atomic E-state index is 0.0646. The predicted octanol–water partition coefficient (Wildman–Crippen LogP) is 4.05. The van der Waals surface area contributed by atoms with E-state index in [-0.39, 0.29) is 11.5 Å². The molecule has 4 rings (SSSR count). The largest absolute Gasteiger partial charge is 0.466 e. The Hall–Kier alpha value is -2.13. The molecule has 2 aliphatic heterocycles. The highest BCUT2D eigenvalue weighted by molar-refractivity contribution is 7.99. The van der Waals surface area contributed by atoms with Gasteiger partial charge in [0.15, 0.2) is 11.7 Å². The van der Waals surface area contributed by atoms with E-state index in [1.165, 1.54) is 25.4 Å². The molecule has 0 saturated carbocycles. The third-order valence-electron chi connectivity index (χ3n) is 4.98. The van der Waals surface area contributed by atoms with Crippen LogP contribution < -0.4 is 5.32 Å². The molecule has 2 aromatic rings. The second-order valence-electron chi connectivity index (χ2n) is 6.98. The zero-order valence-corrected chi connectivity index (χ0v) is 18.9. The maximum Gasteiger partial charge on any atom is 0.338 e. The summed E-state index contributed by atoms with van der Waals surface area (Å²) >= 11 is 14.3. The Labute approximate surface area is 193 Å². The lowest BCUT2D eigenvalue weighted by Crippen LogP contribution is -2.39. The van der Waals surface area contributed by atoms with E-state index >= 15 is 0 Å². The topological polar surface area (TPSA) is 66.8 Å². The number of rotatable bonds is 5. The molecule has 31 heavy (non-hydrogen) atoms. The molecule has 2 aliphatic rings. The summed E-state index contributed by atoms with van der Waals surface area (Å²) in [7, 11) is 1.32. The minimum atomic E-state index is -0.805. The zero-order chi connectivity index (χ0) is 22.0. The summed E-state index contributed by atoms with van der Waals surface area (Å²) in [6, 6.07) is 6.99. The molecule has 1 saturated heterocycles. The van der Waals surface area contributed by atoms with Crippen molar-refractivity contribution < 1.29 is 13.9 Å². The van der Waals surface area contributed by atoms with Crippen LogP contribution in [0.4, 0.5) is 4.39 Å². The van der Waals surface area contributed by atoms with Gasteiger partial charge in [-0.25, -0.2) is 14.2 Å². The highest BCUT2D eigenvalue weighted by Crippen LogP contribution is 2.37. The zero-order valence-electron chi connectivity index (χ0n) is 16.6. The number of nitrogens with one attached hydrogen (secondary N) is 1. The van der Waals surface area contributed by atoms with Crippen molar-refractivity contribution in [3.8, 4) is 0 Å². The maximum absolute atomic E-state index is 14.5. The molecule has 0 bridgehead atoms. The van der Waals surface area contributed by atoms with Crippen molar-refractivity contribution in [2.45, 2.75) is 6.04 Å². The van der Waals surface area contributed by atoms with Gasteiger partial charge >= 0.3 is 5.97 Å². The molecule has 1 aromatic heterocycles.